The van der Waals surface area contributed by atoms with Crippen LogP contribution in [0.5, 0.6) is 0 Å². The van der Waals surface area contributed by atoms with Gasteiger partial charge in [0.15, 0.2) is 0 Å². The Bertz CT molecular complexity index is 194. The average Bonchev–Trinajstić information content (AvgIpc) is 1.81. The van der Waals surface area contributed by atoms with Crippen LogP contribution >= 0.6 is 0 Å². The molecule has 76 valence electrons. The first-order valence-electron chi connectivity index (χ1n) is 4.27. The second-order valence-electron chi connectivity index (χ2n) is 3.84. The molecule has 13 heavy (non-hydrogen) atoms. The molecule has 0 rings (SSSR count). The Labute approximate surface area is 79.4 Å². The van der Waals surface area contributed by atoms with E-state index in [2.05, 4.69) is 10.3 Å². The Hall–Kier alpha value is -1.06. The first-order valence-corrected chi connectivity index (χ1v) is 4.27. The highest BCUT2D eigenvalue weighted by molar-refractivity contribution is 5.74. The van der Waals surface area contributed by atoms with Gasteiger partial charge < -0.3 is 10.1 Å². The highest BCUT2D eigenvalue weighted by Crippen LogP contribution is 2.06. The maximum absolute atomic E-state index is 11.1. The zero-order valence-corrected chi connectivity index (χ0v) is 8.92. The van der Waals surface area contributed by atoms with Crippen LogP contribution in [0, 0.1) is 0 Å². The van der Waals surface area contributed by atoms with Gasteiger partial charge in [-0.05, 0) is 27.7 Å². The van der Waals surface area contributed by atoms with Gasteiger partial charge in [-0.25, -0.2) is 4.79 Å². The van der Waals surface area contributed by atoms with Gasteiger partial charge in [-0.2, -0.15) is 0 Å². The number of rotatable bonds is 2. The lowest BCUT2D eigenvalue weighted by molar-refractivity contribution is 0.0522. The quantitative estimate of drug-likeness (QED) is 0.666. The number of hydrogen-bond donors (Lipinski definition) is 1. The molecule has 0 saturated carbocycles. The van der Waals surface area contributed by atoms with Gasteiger partial charge in [0, 0.05) is 13.3 Å². The lowest BCUT2D eigenvalue weighted by Crippen LogP contribution is -2.38. The molecule has 0 bridgehead atoms. The van der Waals surface area contributed by atoms with Crippen LogP contribution in [-0.2, 0) is 4.74 Å². The van der Waals surface area contributed by atoms with Crippen molar-refractivity contribution in [2.24, 2.45) is 4.99 Å². The Morgan fingerprint density at radius 1 is 1.54 bits per heavy atom. The van der Waals surface area contributed by atoms with Crippen molar-refractivity contribution in [3.05, 3.63) is 0 Å². The summed E-state index contributed by atoms with van der Waals surface area (Å²) < 4.78 is 5.04. The summed E-state index contributed by atoms with van der Waals surface area (Å²) in [6, 6.07) is -0.0974. The third kappa shape index (κ3) is 7.31. The fourth-order valence-corrected chi connectivity index (χ4v) is 0.754. The number of carbonyl (C=O) groups excluding carboxylic acids is 1. The van der Waals surface area contributed by atoms with E-state index in [1.165, 1.54) is 0 Å². The van der Waals surface area contributed by atoms with Gasteiger partial charge in [0.25, 0.3) is 0 Å². The summed E-state index contributed by atoms with van der Waals surface area (Å²) in [7, 11) is 1.66. The van der Waals surface area contributed by atoms with E-state index in [1.54, 1.807) is 13.3 Å². The van der Waals surface area contributed by atoms with E-state index >= 15 is 0 Å². The van der Waals surface area contributed by atoms with Crippen LogP contribution in [0.25, 0.3) is 0 Å². The van der Waals surface area contributed by atoms with E-state index < -0.39 is 11.7 Å². The molecular weight excluding hydrogens is 168 g/mol. The second-order valence-corrected chi connectivity index (χ2v) is 3.84. The van der Waals surface area contributed by atoms with Gasteiger partial charge in [0.1, 0.15) is 5.60 Å². The number of nitrogens with one attached hydrogen (secondary N) is 1. The monoisotopic (exact) mass is 186 g/mol. The molecule has 0 heterocycles. The number of amides is 1. The number of carbonyl (C=O) groups is 1. The number of hydrogen-bond acceptors (Lipinski definition) is 3. The largest absolute Gasteiger partial charge is 0.444 e. The van der Waals surface area contributed by atoms with Gasteiger partial charge in [-0.1, -0.05) is 0 Å². The van der Waals surface area contributed by atoms with Crippen molar-refractivity contribution in [2.45, 2.75) is 39.3 Å². The molecule has 0 aliphatic rings. The van der Waals surface area contributed by atoms with Crippen LogP contribution in [0.15, 0.2) is 4.99 Å². The molecule has 0 unspecified atom stereocenters. The topological polar surface area (TPSA) is 50.7 Å². The van der Waals surface area contributed by atoms with Gasteiger partial charge in [-0.3, -0.25) is 4.99 Å². The maximum atomic E-state index is 11.1. The fraction of sp³-hybridized carbons (Fsp3) is 0.778. The molecule has 0 aliphatic carbocycles. The molecule has 1 amide bonds. The molecule has 4 nitrogen and oxygen atoms in total. The highest BCUT2D eigenvalue weighted by Gasteiger charge is 2.16. The van der Waals surface area contributed by atoms with Crippen molar-refractivity contribution in [1.29, 1.82) is 0 Å². The predicted octanol–water partition coefficient (Wildman–Crippen LogP) is 1.60. The van der Waals surface area contributed by atoms with E-state index in [0.29, 0.717) is 0 Å². The fourth-order valence-electron chi connectivity index (χ4n) is 0.754. The van der Waals surface area contributed by atoms with Gasteiger partial charge >= 0.3 is 6.09 Å². The molecule has 4 heteroatoms. The molecule has 0 aromatic heterocycles. The third-order valence-corrected chi connectivity index (χ3v) is 1.12. The molecular formula is C9H18N2O2. The summed E-state index contributed by atoms with van der Waals surface area (Å²) in [5.74, 6) is 0. The van der Waals surface area contributed by atoms with E-state index in [4.69, 9.17) is 4.74 Å². The Balaban J connectivity index is 3.88. The zero-order chi connectivity index (χ0) is 10.5. The van der Waals surface area contributed by atoms with E-state index in [1.807, 2.05) is 27.7 Å². The molecule has 0 radical (unpaired) electrons. The van der Waals surface area contributed by atoms with Crippen LogP contribution in [0.3, 0.4) is 0 Å². The van der Waals surface area contributed by atoms with Crippen LogP contribution in [-0.4, -0.2) is 31.0 Å². The number of aliphatic imine (C=N–C) groups is 1. The second kappa shape index (κ2) is 4.84. The summed E-state index contributed by atoms with van der Waals surface area (Å²) >= 11 is 0. The third-order valence-electron chi connectivity index (χ3n) is 1.12. The molecule has 1 N–H and O–H groups in total. The Kier molecular flexibility index (Phi) is 4.45. The van der Waals surface area contributed by atoms with Crippen molar-refractivity contribution in [2.75, 3.05) is 7.05 Å². The lowest BCUT2D eigenvalue weighted by atomic mass is 10.2. The number of ether oxygens (including phenoxy) is 1. The zero-order valence-electron chi connectivity index (χ0n) is 8.92. The molecule has 0 saturated heterocycles. The van der Waals surface area contributed by atoms with E-state index in [-0.39, 0.29) is 6.04 Å². The molecule has 1 atom stereocenters. The SMILES string of the molecule is C/N=C/[C@H](C)NC(=O)OC(C)(C)C. The van der Waals surface area contributed by atoms with Crippen molar-refractivity contribution in [1.82, 2.24) is 5.32 Å². The summed E-state index contributed by atoms with van der Waals surface area (Å²) in [6.45, 7) is 7.30. The van der Waals surface area contributed by atoms with E-state index in [0.717, 1.165) is 0 Å². The minimum absolute atomic E-state index is 0.0974. The molecule has 0 fully saturated rings. The van der Waals surface area contributed by atoms with Crippen molar-refractivity contribution >= 4 is 12.3 Å². The minimum Gasteiger partial charge on any atom is -0.444 e. The average molecular weight is 186 g/mol. The first kappa shape index (κ1) is 11.9. The van der Waals surface area contributed by atoms with Crippen LogP contribution in [0.1, 0.15) is 27.7 Å². The minimum atomic E-state index is -0.451. The normalized spacial score (nSPS) is 14.2. The van der Waals surface area contributed by atoms with Gasteiger partial charge in [0.2, 0.25) is 0 Å². The molecule has 0 aliphatic heterocycles. The highest BCUT2D eigenvalue weighted by atomic mass is 16.6. The summed E-state index contributed by atoms with van der Waals surface area (Å²) in [4.78, 5) is 14.9. The summed E-state index contributed by atoms with van der Waals surface area (Å²) in [6.07, 6.45) is 1.23. The number of alkyl carbamates (subject to hydrolysis) is 1. The predicted molar refractivity (Wildman–Crippen MR) is 53.2 cm³/mol. The standard InChI is InChI=1S/C9H18N2O2/c1-7(6-10-5)11-8(12)13-9(2,3)4/h6-7H,1-5H3,(H,11,12)/b10-6+/t7-/m0/s1. The van der Waals surface area contributed by atoms with Crippen LogP contribution in [0.2, 0.25) is 0 Å². The Morgan fingerprint density at radius 3 is 2.46 bits per heavy atom. The first-order chi connectivity index (χ1) is 5.85. The lowest BCUT2D eigenvalue weighted by Gasteiger charge is -2.20. The maximum Gasteiger partial charge on any atom is 0.408 e. The van der Waals surface area contributed by atoms with Crippen molar-refractivity contribution in [3.63, 3.8) is 0 Å². The van der Waals surface area contributed by atoms with Gasteiger partial charge in [0.05, 0.1) is 6.04 Å². The van der Waals surface area contributed by atoms with Crippen molar-refractivity contribution < 1.29 is 9.53 Å². The summed E-state index contributed by atoms with van der Waals surface area (Å²) in [5.41, 5.74) is -0.451. The van der Waals surface area contributed by atoms with Crippen molar-refractivity contribution in [3.8, 4) is 0 Å². The van der Waals surface area contributed by atoms with Gasteiger partial charge in [-0.15, -0.1) is 0 Å². The molecule has 0 aromatic rings. The molecule has 0 spiro atoms. The van der Waals surface area contributed by atoms with Crippen LogP contribution < -0.4 is 5.32 Å². The van der Waals surface area contributed by atoms with E-state index in [9.17, 15) is 4.79 Å². The Morgan fingerprint density at radius 2 is 2.08 bits per heavy atom. The number of nitrogens with zero attached hydrogens (tertiary/aromatic N) is 1. The molecule has 0 aromatic carbocycles. The smallest absolute Gasteiger partial charge is 0.408 e. The summed E-state index contributed by atoms with van der Waals surface area (Å²) in [5, 5.41) is 2.63. The van der Waals surface area contributed by atoms with Crippen LogP contribution in [0.4, 0.5) is 4.79 Å².